The summed E-state index contributed by atoms with van der Waals surface area (Å²) >= 11 is 1.71. The maximum Gasteiger partial charge on any atom is 0.266 e. The van der Waals surface area contributed by atoms with Gasteiger partial charge in [0.15, 0.2) is 5.13 Å². The largest absolute Gasteiger partial charge is 0.346 e. The van der Waals surface area contributed by atoms with Crippen LogP contribution in [-0.2, 0) is 6.54 Å². The molecule has 4 rings (SSSR count). The number of aromatic nitrogens is 4. The van der Waals surface area contributed by atoms with Crippen LogP contribution < -0.4 is 10.5 Å². The molecule has 0 unspecified atom stereocenters. The van der Waals surface area contributed by atoms with Crippen molar-refractivity contribution in [2.45, 2.75) is 13.5 Å². The third-order valence-electron chi connectivity index (χ3n) is 4.72. The van der Waals surface area contributed by atoms with E-state index in [9.17, 15) is 4.79 Å². The first-order valence-corrected chi connectivity index (χ1v) is 9.95. The molecule has 3 aromatic rings. The predicted molar refractivity (Wildman–Crippen MR) is 107 cm³/mol. The molecule has 1 aliphatic heterocycles. The van der Waals surface area contributed by atoms with Gasteiger partial charge < -0.3 is 4.90 Å². The number of anilines is 1. The minimum absolute atomic E-state index is 0.0651. The zero-order chi connectivity index (χ0) is 18.6. The lowest BCUT2D eigenvalue weighted by Crippen LogP contribution is -2.47. The Labute approximate surface area is 161 Å². The fraction of sp³-hybridized carbons (Fsp3) is 0.368. The zero-order valence-electron chi connectivity index (χ0n) is 15.3. The van der Waals surface area contributed by atoms with Crippen molar-refractivity contribution in [2.24, 2.45) is 0 Å². The van der Waals surface area contributed by atoms with E-state index in [0.29, 0.717) is 6.54 Å². The van der Waals surface area contributed by atoms with Gasteiger partial charge in [0.2, 0.25) is 0 Å². The summed E-state index contributed by atoms with van der Waals surface area (Å²) in [7, 11) is 0. The highest BCUT2D eigenvalue weighted by Gasteiger charge is 2.19. The van der Waals surface area contributed by atoms with Crippen molar-refractivity contribution in [1.29, 1.82) is 0 Å². The van der Waals surface area contributed by atoms with E-state index in [1.807, 2.05) is 19.1 Å². The van der Waals surface area contributed by atoms with Crippen molar-refractivity contribution < 1.29 is 0 Å². The van der Waals surface area contributed by atoms with E-state index in [4.69, 9.17) is 0 Å². The Kier molecular flexibility index (Phi) is 5.26. The van der Waals surface area contributed by atoms with E-state index in [1.165, 1.54) is 0 Å². The van der Waals surface area contributed by atoms with Gasteiger partial charge in [-0.2, -0.15) is 5.10 Å². The summed E-state index contributed by atoms with van der Waals surface area (Å²) in [5.74, 6) is 0. The van der Waals surface area contributed by atoms with Crippen LogP contribution in [0.25, 0.3) is 11.3 Å². The summed E-state index contributed by atoms with van der Waals surface area (Å²) in [6.07, 6.45) is 3.46. The number of thiazole rings is 1. The second-order valence-corrected chi connectivity index (χ2v) is 7.45. The van der Waals surface area contributed by atoms with Crippen LogP contribution in [-0.4, -0.2) is 57.4 Å². The molecule has 0 atom stereocenters. The second-order valence-electron chi connectivity index (χ2n) is 6.62. The molecule has 140 valence electrons. The smallest absolute Gasteiger partial charge is 0.266 e. The highest BCUT2D eigenvalue weighted by Crippen LogP contribution is 2.21. The fourth-order valence-electron chi connectivity index (χ4n) is 3.17. The molecular weight excluding hydrogens is 360 g/mol. The third-order valence-corrected chi connectivity index (χ3v) is 5.74. The van der Waals surface area contributed by atoms with Gasteiger partial charge in [0, 0.05) is 62.1 Å². The Morgan fingerprint density at radius 1 is 1.04 bits per heavy atom. The summed E-state index contributed by atoms with van der Waals surface area (Å²) in [6, 6.07) is 7.15. The van der Waals surface area contributed by atoms with Gasteiger partial charge >= 0.3 is 0 Å². The number of piperazine rings is 1. The minimum atomic E-state index is -0.0651. The van der Waals surface area contributed by atoms with Crippen LogP contribution in [0.2, 0.25) is 0 Å². The lowest BCUT2D eigenvalue weighted by molar-refractivity contribution is 0.243. The molecule has 0 aliphatic carbocycles. The number of hydrogen-bond acceptors (Lipinski definition) is 7. The molecule has 1 aliphatic rings. The summed E-state index contributed by atoms with van der Waals surface area (Å²) < 4.78 is 1.56. The van der Waals surface area contributed by atoms with Gasteiger partial charge in [0.05, 0.1) is 17.9 Å². The topological polar surface area (TPSA) is 67.2 Å². The zero-order valence-corrected chi connectivity index (χ0v) is 16.1. The van der Waals surface area contributed by atoms with Gasteiger partial charge in [-0.05, 0) is 25.1 Å². The first-order valence-electron chi connectivity index (χ1n) is 9.07. The lowest BCUT2D eigenvalue weighted by Gasteiger charge is -2.34. The molecule has 7 nitrogen and oxygen atoms in total. The average molecular weight is 382 g/mol. The molecule has 0 aromatic carbocycles. The van der Waals surface area contributed by atoms with Gasteiger partial charge in [0.1, 0.15) is 0 Å². The first-order chi connectivity index (χ1) is 13.2. The van der Waals surface area contributed by atoms with Gasteiger partial charge in [-0.25, -0.2) is 9.67 Å². The first kappa shape index (κ1) is 17.8. The quantitative estimate of drug-likeness (QED) is 0.671. The molecule has 0 saturated carbocycles. The minimum Gasteiger partial charge on any atom is -0.346 e. The summed E-state index contributed by atoms with van der Waals surface area (Å²) in [5.41, 5.74) is 2.77. The molecule has 8 heteroatoms. The summed E-state index contributed by atoms with van der Waals surface area (Å²) in [5, 5.41) is 7.72. The number of aryl methyl sites for hydroxylation is 1. The normalized spacial score (nSPS) is 15.2. The van der Waals surface area contributed by atoms with Gasteiger partial charge in [-0.3, -0.25) is 14.7 Å². The summed E-state index contributed by atoms with van der Waals surface area (Å²) in [4.78, 5) is 25.5. The molecule has 3 aromatic heterocycles. The standard InChI is InChI=1S/C19H22N6OS/c1-15-14-27-19(21-15)24-11-8-23(9-12-24)10-13-25-18(26)3-2-17(22-25)16-4-6-20-7-5-16/h2-7,14H,8-13H2,1H3. The van der Waals surface area contributed by atoms with E-state index in [1.54, 1.807) is 40.5 Å². The molecule has 0 amide bonds. The molecule has 0 bridgehead atoms. The van der Waals surface area contributed by atoms with E-state index >= 15 is 0 Å². The van der Waals surface area contributed by atoms with Crippen molar-refractivity contribution in [3.63, 3.8) is 0 Å². The molecule has 1 saturated heterocycles. The SMILES string of the molecule is Cc1csc(N2CCN(CCn3nc(-c4ccncc4)ccc3=O)CC2)n1. The average Bonchev–Trinajstić information content (AvgIpc) is 3.15. The molecule has 4 heterocycles. The van der Waals surface area contributed by atoms with Crippen molar-refractivity contribution in [1.82, 2.24) is 24.6 Å². The van der Waals surface area contributed by atoms with Crippen molar-refractivity contribution >= 4 is 16.5 Å². The number of nitrogens with zero attached hydrogens (tertiary/aromatic N) is 6. The molecule has 0 radical (unpaired) electrons. The number of pyridine rings is 1. The van der Waals surface area contributed by atoms with Crippen LogP contribution in [0.15, 0.2) is 46.8 Å². The summed E-state index contributed by atoms with van der Waals surface area (Å²) in [6.45, 7) is 7.31. The monoisotopic (exact) mass is 382 g/mol. The van der Waals surface area contributed by atoms with Gasteiger partial charge in [0.25, 0.3) is 5.56 Å². The Morgan fingerprint density at radius 3 is 2.52 bits per heavy atom. The van der Waals surface area contributed by atoms with Crippen LogP contribution in [0, 0.1) is 6.92 Å². The Morgan fingerprint density at radius 2 is 1.81 bits per heavy atom. The molecule has 1 fully saturated rings. The highest BCUT2D eigenvalue weighted by molar-refractivity contribution is 7.13. The number of rotatable bonds is 5. The van der Waals surface area contributed by atoms with Crippen LogP contribution in [0.5, 0.6) is 0 Å². The van der Waals surface area contributed by atoms with E-state index in [0.717, 1.165) is 54.8 Å². The second kappa shape index (κ2) is 7.98. The molecule has 0 N–H and O–H groups in total. The predicted octanol–water partition coefficient (Wildman–Crippen LogP) is 1.89. The van der Waals surface area contributed by atoms with E-state index < -0.39 is 0 Å². The van der Waals surface area contributed by atoms with E-state index in [2.05, 4.69) is 30.2 Å². The Hall–Kier alpha value is -2.58. The van der Waals surface area contributed by atoms with Gasteiger partial charge in [-0.15, -0.1) is 11.3 Å². The van der Waals surface area contributed by atoms with Crippen LogP contribution in [0.4, 0.5) is 5.13 Å². The molecule has 27 heavy (non-hydrogen) atoms. The maximum absolute atomic E-state index is 12.2. The van der Waals surface area contributed by atoms with Crippen LogP contribution in [0.3, 0.4) is 0 Å². The van der Waals surface area contributed by atoms with Crippen molar-refractivity contribution in [2.75, 3.05) is 37.6 Å². The fourth-order valence-corrected chi connectivity index (χ4v) is 4.03. The Balaban J connectivity index is 1.36. The van der Waals surface area contributed by atoms with Crippen molar-refractivity contribution in [3.05, 3.63) is 58.1 Å². The maximum atomic E-state index is 12.2. The molecular formula is C19H22N6OS. The number of hydrogen-bond donors (Lipinski definition) is 0. The third kappa shape index (κ3) is 4.23. The van der Waals surface area contributed by atoms with Crippen LogP contribution in [0.1, 0.15) is 5.69 Å². The van der Waals surface area contributed by atoms with Crippen LogP contribution >= 0.6 is 11.3 Å². The van der Waals surface area contributed by atoms with Gasteiger partial charge in [-0.1, -0.05) is 0 Å². The van der Waals surface area contributed by atoms with E-state index in [-0.39, 0.29) is 5.56 Å². The Bertz CT molecular complexity index is 946. The highest BCUT2D eigenvalue weighted by atomic mass is 32.1. The van der Waals surface area contributed by atoms with Crippen molar-refractivity contribution in [3.8, 4) is 11.3 Å². The molecule has 0 spiro atoms. The lowest BCUT2D eigenvalue weighted by atomic mass is 10.2.